The standard InChI is InChI=1S/C22H28F2O4/c1-12-8-16-14-5-7-21(28,18(27)11-23)20(14,3)10-17(26)22(16,24)19(2)6-4-13(25)9-15(12)19/h4,6,9,12,14,16-17,26,28H,5,7-8,10-11H2,1-3H3/t12-,14?,16?,17?,19?,20?,21-,22-/m0/s1. The maximum Gasteiger partial charge on any atom is 0.195 e. The van der Waals surface area contributed by atoms with Gasteiger partial charge in [-0.15, -0.1) is 0 Å². The van der Waals surface area contributed by atoms with Crippen LogP contribution in [0.25, 0.3) is 0 Å². The molecule has 0 heterocycles. The third kappa shape index (κ3) is 2.06. The number of hydrogen-bond donors (Lipinski definition) is 2. The van der Waals surface area contributed by atoms with Crippen LogP contribution in [0.4, 0.5) is 8.78 Å². The van der Waals surface area contributed by atoms with E-state index in [1.807, 2.05) is 6.92 Å². The molecule has 0 aromatic carbocycles. The van der Waals surface area contributed by atoms with Gasteiger partial charge < -0.3 is 10.2 Å². The zero-order valence-electron chi connectivity index (χ0n) is 16.5. The van der Waals surface area contributed by atoms with E-state index in [0.29, 0.717) is 18.4 Å². The largest absolute Gasteiger partial charge is 0.390 e. The molecule has 0 spiro atoms. The summed E-state index contributed by atoms with van der Waals surface area (Å²) < 4.78 is 30.1. The third-order valence-electron chi connectivity index (χ3n) is 8.70. The molecule has 0 saturated heterocycles. The van der Waals surface area contributed by atoms with E-state index in [4.69, 9.17) is 0 Å². The fourth-order valence-electron chi connectivity index (χ4n) is 7.17. The summed E-state index contributed by atoms with van der Waals surface area (Å²) >= 11 is 0. The maximum absolute atomic E-state index is 16.9. The molecule has 4 nitrogen and oxygen atoms in total. The second kappa shape index (κ2) is 5.82. The molecule has 0 amide bonds. The van der Waals surface area contributed by atoms with Crippen LogP contribution >= 0.6 is 0 Å². The number of halogens is 2. The minimum Gasteiger partial charge on any atom is -0.390 e. The number of hydrogen-bond acceptors (Lipinski definition) is 4. The Morgan fingerprint density at radius 1 is 1.32 bits per heavy atom. The van der Waals surface area contributed by atoms with Crippen LogP contribution in [0.2, 0.25) is 0 Å². The molecular weight excluding hydrogens is 366 g/mol. The molecule has 3 saturated carbocycles. The lowest BCUT2D eigenvalue weighted by Gasteiger charge is -2.63. The van der Waals surface area contributed by atoms with Gasteiger partial charge in [-0.05, 0) is 56.6 Å². The van der Waals surface area contributed by atoms with Crippen molar-refractivity contribution in [2.24, 2.45) is 28.6 Å². The number of Topliss-reactive ketones (excluding diaryl/α,β-unsaturated/α-hetero) is 1. The Morgan fingerprint density at radius 2 is 2.00 bits per heavy atom. The number of aliphatic hydroxyl groups is 2. The van der Waals surface area contributed by atoms with Crippen LogP contribution in [0, 0.1) is 28.6 Å². The van der Waals surface area contributed by atoms with Gasteiger partial charge in [0.2, 0.25) is 0 Å². The summed E-state index contributed by atoms with van der Waals surface area (Å²) in [6.45, 7) is 4.10. The van der Waals surface area contributed by atoms with Crippen molar-refractivity contribution >= 4 is 11.6 Å². The predicted octanol–water partition coefficient (Wildman–Crippen LogP) is 2.87. The van der Waals surface area contributed by atoms with Gasteiger partial charge in [-0.3, -0.25) is 9.59 Å². The van der Waals surface area contributed by atoms with E-state index in [0.717, 1.165) is 0 Å². The van der Waals surface area contributed by atoms with Crippen molar-refractivity contribution in [1.29, 1.82) is 0 Å². The smallest absolute Gasteiger partial charge is 0.195 e. The van der Waals surface area contributed by atoms with E-state index in [2.05, 4.69) is 0 Å². The quantitative estimate of drug-likeness (QED) is 0.755. The zero-order chi connectivity index (χ0) is 20.7. The number of rotatable bonds is 2. The first-order chi connectivity index (χ1) is 13.0. The van der Waals surface area contributed by atoms with E-state index in [1.54, 1.807) is 19.9 Å². The minimum atomic E-state index is -2.02. The molecule has 6 heteroatoms. The van der Waals surface area contributed by atoms with Crippen LogP contribution in [0.1, 0.15) is 46.5 Å². The Hall–Kier alpha value is -1.40. The minimum absolute atomic E-state index is 0.0760. The highest BCUT2D eigenvalue weighted by molar-refractivity contribution is 6.01. The summed E-state index contributed by atoms with van der Waals surface area (Å²) in [5, 5.41) is 22.2. The lowest BCUT2D eigenvalue weighted by Crippen LogP contribution is -2.69. The van der Waals surface area contributed by atoms with Gasteiger partial charge in [-0.2, -0.15) is 0 Å². The Labute approximate surface area is 163 Å². The summed E-state index contributed by atoms with van der Waals surface area (Å²) in [5.74, 6) is -2.09. The molecule has 2 N–H and O–H groups in total. The van der Waals surface area contributed by atoms with E-state index in [1.165, 1.54) is 12.2 Å². The topological polar surface area (TPSA) is 74.6 Å². The average molecular weight is 394 g/mol. The number of alkyl halides is 2. The molecule has 0 aromatic rings. The zero-order valence-corrected chi connectivity index (χ0v) is 16.5. The van der Waals surface area contributed by atoms with Gasteiger partial charge in [-0.25, -0.2) is 8.78 Å². The van der Waals surface area contributed by atoms with Gasteiger partial charge >= 0.3 is 0 Å². The van der Waals surface area contributed by atoms with Gasteiger partial charge in [0.25, 0.3) is 0 Å². The Balaban J connectivity index is 1.84. The maximum atomic E-state index is 16.9. The summed E-state index contributed by atoms with van der Waals surface area (Å²) in [7, 11) is 0. The first-order valence-corrected chi connectivity index (χ1v) is 10.1. The molecule has 154 valence electrons. The molecule has 28 heavy (non-hydrogen) atoms. The van der Waals surface area contributed by atoms with Gasteiger partial charge in [0.1, 0.15) is 5.60 Å². The van der Waals surface area contributed by atoms with Crippen molar-refractivity contribution in [3.63, 3.8) is 0 Å². The fraction of sp³-hybridized carbons (Fsp3) is 0.727. The van der Waals surface area contributed by atoms with Crippen LogP contribution in [0.5, 0.6) is 0 Å². The highest BCUT2D eigenvalue weighted by atomic mass is 19.1. The van der Waals surface area contributed by atoms with E-state index >= 15 is 4.39 Å². The van der Waals surface area contributed by atoms with Crippen LogP contribution in [0.15, 0.2) is 23.8 Å². The van der Waals surface area contributed by atoms with Crippen molar-refractivity contribution < 1.29 is 28.6 Å². The Kier molecular flexibility index (Phi) is 4.13. The average Bonchev–Trinajstić information content (AvgIpc) is 2.91. The normalized spacial score (nSPS) is 52.5. The lowest BCUT2D eigenvalue weighted by atomic mass is 9.43. The SMILES string of the molecule is C[C@H]1CC2C3CC[C@](O)(C(=O)CF)C3(C)CC(O)[C@]2(F)C2(C)C=CC(=O)C=C12. The van der Waals surface area contributed by atoms with Crippen molar-refractivity contribution in [3.05, 3.63) is 23.8 Å². The molecule has 0 bridgehead atoms. The Morgan fingerprint density at radius 3 is 2.64 bits per heavy atom. The summed E-state index contributed by atoms with van der Waals surface area (Å²) in [6, 6.07) is 0. The Bertz CT molecular complexity index is 806. The third-order valence-corrected chi connectivity index (χ3v) is 8.70. The molecule has 0 radical (unpaired) electrons. The monoisotopic (exact) mass is 394 g/mol. The summed E-state index contributed by atoms with van der Waals surface area (Å²) in [6.07, 6.45) is 3.77. The highest BCUT2D eigenvalue weighted by Gasteiger charge is 2.74. The molecule has 4 rings (SSSR count). The van der Waals surface area contributed by atoms with Crippen molar-refractivity contribution in [3.8, 4) is 0 Å². The summed E-state index contributed by atoms with van der Waals surface area (Å²) in [4.78, 5) is 24.2. The first kappa shape index (κ1) is 19.9. The van der Waals surface area contributed by atoms with Crippen LogP contribution < -0.4 is 0 Å². The van der Waals surface area contributed by atoms with Crippen LogP contribution in [-0.2, 0) is 9.59 Å². The fourth-order valence-corrected chi connectivity index (χ4v) is 7.17. The number of allylic oxidation sites excluding steroid dienone is 4. The number of aliphatic hydroxyl groups excluding tert-OH is 1. The van der Waals surface area contributed by atoms with Gasteiger partial charge in [0.15, 0.2) is 23.9 Å². The number of carbonyl (C=O) groups excluding carboxylic acids is 2. The number of carbonyl (C=O) groups is 2. The molecule has 3 fully saturated rings. The molecule has 0 aliphatic heterocycles. The second-order valence-corrected chi connectivity index (χ2v) is 9.75. The number of ketones is 2. The molecular formula is C22H28F2O4. The van der Waals surface area contributed by atoms with Crippen molar-refractivity contribution in [2.75, 3.05) is 6.67 Å². The van der Waals surface area contributed by atoms with E-state index in [9.17, 15) is 24.2 Å². The summed E-state index contributed by atoms with van der Waals surface area (Å²) in [5.41, 5.74) is -5.42. The molecule has 5 unspecified atom stereocenters. The van der Waals surface area contributed by atoms with Gasteiger partial charge in [0, 0.05) is 16.7 Å². The second-order valence-electron chi connectivity index (χ2n) is 9.75. The van der Waals surface area contributed by atoms with E-state index < -0.39 is 46.6 Å². The molecule has 8 atom stereocenters. The lowest BCUT2D eigenvalue weighted by molar-refractivity contribution is -0.220. The molecule has 0 aromatic heterocycles. The van der Waals surface area contributed by atoms with E-state index in [-0.39, 0.29) is 30.5 Å². The highest BCUT2D eigenvalue weighted by Crippen LogP contribution is 2.70. The number of fused-ring (bicyclic) bond motifs is 5. The van der Waals surface area contributed by atoms with Crippen molar-refractivity contribution in [1.82, 2.24) is 0 Å². The van der Waals surface area contributed by atoms with Crippen LogP contribution in [0.3, 0.4) is 0 Å². The van der Waals surface area contributed by atoms with Crippen molar-refractivity contribution in [2.45, 2.75) is 63.8 Å². The van der Waals surface area contributed by atoms with Crippen LogP contribution in [-0.4, -0.2) is 45.8 Å². The van der Waals surface area contributed by atoms with Gasteiger partial charge in [0.05, 0.1) is 6.10 Å². The predicted molar refractivity (Wildman–Crippen MR) is 98.8 cm³/mol. The molecule has 4 aliphatic rings. The van der Waals surface area contributed by atoms with Gasteiger partial charge in [-0.1, -0.05) is 25.5 Å². The molecule has 4 aliphatic carbocycles. The first-order valence-electron chi connectivity index (χ1n) is 10.1.